The Labute approximate surface area is 130 Å². The molecule has 1 amide bonds. The van der Waals surface area contributed by atoms with E-state index in [4.69, 9.17) is 14.7 Å². The average molecular weight is 303 g/mol. The maximum absolute atomic E-state index is 11.7. The van der Waals surface area contributed by atoms with Crippen molar-refractivity contribution in [1.82, 2.24) is 10.6 Å². The number of ether oxygens (including phenoxy) is 2. The van der Waals surface area contributed by atoms with Crippen LogP contribution in [0.2, 0.25) is 0 Å². The molecular formula is C16H21N3O3. The first-order valence-corrected chi connectivity index (χ1v) is 6.95. The number of hydrogen-bond acceptors (Lipinski definition) is 5. The highest BCUT2D eigenvalue weighted by atomic mass is 16.5. The molecule has 22 heavy (non-hydrogen) atoms. The summed E-state index contributed by atoms with van der Waals surface area (Å²) in [6, 6.07) is 9.60. The van der Waals surface area contributed by atoms with Crippen molar-refractivity contribution in [1.29, 1.82) is 5.26 Å². The molecule has 0 saturated heterocycles. The third-order valence-electron chi connectivity index (χ3n) is 2.93. The molecule has 0 fully saturated rings. The van der Waals surface area contributed by atoms with Crippen LogP contribution in [0.4, 0.5) is 0 Å². The number of para-hydroxylation sites is 1. The van der Waals surface area contributed by atoms with Crippen LogP contribution >= 0.6 is 0 Å². The largest absolute Gasteiger partial charge is 0.496 e. The van der Waals surface area contributed by atoms with Crippen LogP contribution in [0, 0.1) is 11.3 Å². The smallest absolute Gasteiger partial charge is 0.263 e. The summed E-state index contributed by atoms with van der Waals surface area (Å²) in [6.07, 6.45) is 2.15. The number of rotatable bonds is 9. The zero-order valence-electron chi connectivity index (χ0n) is 12.9. The summed E-state index contributed by atoms with van der Waals surface area (Å²) in [5.41, 5.74) is 1.10. The van der Waals surface area contributed by atoms with Gasteiger partial charge in [-0.15, -0.1) is 0 Å². The molecule has 0 heterocycles. The SMILES string of the molecule is COCCNC(=O)/C(C#N)=C\NCCc1ccccc1OC. The van der Waals surface area contributed by atoms with Crippen LogP contribution in [0.25, 0.3) is 0 Å². The Balaban J connectivity index is 2.45. The number of carbonyl (C=O) groups is 1. The Morgan fingerprint density at radius 3 is 2.77 bits per heavy atom. The van der Waals surface area contributed by atoms with Gasteiger partial charge in [0.2, 0.25) is 0 Å². The predicted octanol–water partition coefficient (Wildman–Crippen LogP) is 0.997. The van der Waals surface area contributed by atoms with E-state index >= 15 is 0 Å². The molecule has 0 aromatic heterocycles. The highest BCUT2D eigenvalue weighted by molar-refractivity contribution is 5.97. The lowest BCUT2D eigenvalue weighted by atomic mass is 10.1. The Kier molecular flexibility index (Phi) is 8.16. The summed E-state index contributed by atoms with van der Waals surface area (Å²) in [5, 5.41) is 14.6. The van der Waals surface area contributed by atoms with Crippen molar-refractivity contribution in [2.45, 2.75) is 6.42 Å². The quantitative estimate of drug-likeness (QED) is 0.404. The van der Waals surface area contributed by atoms with Crippen molar-refractivity contribution in [3.63, 3.8) is 0 Å². The highest BCUT2D eigenvalue weighted by Crippen LogP contribution is 2.17. The van der Waals surface area contributed by atoms with Gasteiger partial charge in [0.05, 0.1) is 13.7 Å². The molecule has 1 aromatic rings. The summed E-state index contributed by atoms with van der Waals surface area (Å²) in [5.74, 6) is 0.412. The number of hydrogen-bond donors (Lipinski definition) is 2. The second-order valence-electron chi connectivity index (χ2n) is 4.43. The molecule has 0 unspecified atom stereocenters. The van der Waals surface area contributed by atoms with E-state index < -0.39 is 5.91 Å². The zero-order chi connectivity index (χ0) is 16.2. The van der Waals surface area contributed by atoms with E-state index in [2.05, 4.69) is 10.6 Å². The third kappa shape index (κ3) is 5.85. The van der Waals surface area contributed by atoms with Gasteiger partial charge in [-0.3, -0.25) is 4.79 Å². The molecule has 0 bridgehead atoms. The van der Waals surface area contributed by atoms with Crippen molar-refractivity contribution < 1.29 is 14.3 Å². The van der Waals surface area contributed by atoms with Gasteiger partial charge >= 0.3 is 0 Å². The molecule has 0 saturated carbocycles. The number of nitrogens with one attached hydrogen (secondary N) is 2. The first-order valence-electron chi connectivity index (χ1n) is 6.95. The minimum Gasteiger partial charge on any atom is -0.496 e. The van der Waals surface area contributed by atoms with Gasteiger partial charge in [0.1, 0.15) is 17.4 Å². The molecule has 0 aliphatic heterocycles. The molecule has 0 spiro atoms. The van der Waals surface area contributed by atoms with E-state index in [1.165, 1.54) is 6.20 Å². The maximum Gasteiger partial charge on any atom is 0.263 e. The molecule has 0 radical (unpaired) electrons. The second-order valence-corrected chi connectivity index (χ2v) is 4.43. The van der Waals surface area contributed by atoms with E-state index in [9.17, 15) is 4.79 Å². The fourth-order valence-electron chi connectivity index (χ4n) is 1.80. The minimum absolute atomic E-state index is 0.0381. The topological polar surface area (TPSA) is 83.4 Å². The number of nitrogens with zero attached hydrogens (tertiary/aromatic N) is 1. The van der Waals surface area contributed by atoms with Crippen molar-refractivity contribution in [2.24, 2.45) is 0 Å². The van der Waals surface area contributed by atoms with E-state index in [0.717, 1.165) is 17.7 Å². The van der Waals surface area contributed by atoms with Gasteiger partial charge in [0.25, 0.3) is 5.91 Å². The summed E-state index contributed by atoms with van der Waals surface area (Å²) in [7, 11) is 3.18. The van der Waals surface area contributed by atoms with Crippen molar-refractivity contribution in [3.8, 4) is 11.8 Å². The zero-order valence-corrected chi connectivity index (χ0v) is 12.9. The van der Waals surface area contributed by atoms with Crippen LogP contribution in [-0.2, 0) is 16.0 Å². The Morgan fingerprint density at radius 1 is 1.32 bits per heavy atom. The number of nitriles is 1. The van der Waals surface area contributed by atoms with Crippen LogP contribution < -0.4 is 15.4 Å². The first-order chi connectivity index (χ1) is 10.7. The van der Waals surface area contributed by atoms with E-state index in [0.29, 0.717) is 19.7 Å². The monoisotopic (exact) mass is 303 g/mol. The number of methoxy groups -OCH3 is 2. The second kappa shape index (κ2) is 10.2. The summed E-state index contributed by atoms with van der Waals surface area (Å²) in [4.78, 5) is 11.7. The van der Waals surface area contributed by atoms with E-state index in [-0.39, 0.29) is 5.57 Å². The van der Waals surface area contributed by atoms with Gasteiger partial charge in [0, 0.05) is 26.4 Å². The molecule has 6 heteroatoms. The van der Waals surface area contributed by atoms with Gasteiger partial charge in [-0.05, 0) is 18.1 Å². The molecule has 1 aromatic carbocycles. The highest BCUT2D eigenvalue weighted by Gasteiger charge is 2.07. The van der Waals surface area contributed by atoms with Gasteiger partial charge in [0.15, 0.2) is 0 Å². The predicted molar refractivity (Wildman–Crippen MR) is 83.3 cm³/mol. The van der Waals surface area contributed by atoms with Crippen molar-refractivity contribution >= 4 is 5.91 Å². The number of carbonyl (C=O) groups excluding carboxylic acids is 1. The molecule has 6 nitrogen and oxygen atoms in total. The average Bonchev–Trinajstić information content (AvgIpc) is 2.55. The standard InChI is InChI=1S/C16H21N3O3/c1-21-10-9-19-16(20)14(11-17)12-18-8-7-13-5-3-4-6-15(13)22-2/h3-6,12,18H,7-10H2,1-2H3,(H,19,20)/b14-12-. The first kappa shape index (κ1) is 17.5. The molecule has 118 valence electrons. The lowest BCUT2D eigenvalue weighted by Gasteiger charge is -2.08. The van der Waals surface area contributed by atoms with Gasteiger partial charge in [-0.1, -0.05) is 18.2 Å². The molecule has 0 atom stereocenters. The molecule has 0 aliphatic rings. The third-order valence-corrected chi connectivity index (χ3v) is 2.93. The maximum atomic E-state index is 11.7. The van der Waals surface area contributed by atoms with Crippen LogP contribution in [0.3, 0.4) is 0 Å². The van der Waals surface area contributed by atoms with Crippen molar-refractivity contribution in [3.05, 3.63) is 41.6 Å². The fraction of sp³-hybridized carbons (Fsp3) is 0.375. The van der Waals surface area contributed by atoms with Gasteiger partial charge < -0.3 is 20.1 Å². The normalized spacial score (nSPS) is 10.7. The summed E-state index contributed by atoms with van der Waals surface area (Å²) in [6.45, 7) is 1.37. The molecular weight excluding hydrogens is 282 g/mol. The minimum atomic E-state index is -0.413. The summed E-state index contributed by atoms with van der Waals surface area (Å²) < 4.78 is 10.1. The fourth-order valence-corrected chi connectivity index (χ4v) is 1.80. The number of benzene rings is 1. The number of amides is 1. The Morgan fingerprint density at radius 2 is 2.09 bits per heavy atom. The van der Waals surface area contributed by atoms with Crippen LogP contribution in [0.5, 0.6) is 5.75 Å². The van der Waals surface area contributed by atoms with Crippen LogP contribution in [0.1, 0.15) is 5.56 Å². The van der Waals surface area contributed by atoms with E-state index in [1.807, 2.05) is 30.3 Å². The lowest BCUT2D eigenvalue weighted by Crippen LogP contribution is -2.28. The van der Waals surface area contributed by atoms with Gasteiger partial charge in [-0.25, -0.2) is 0 Å². The van der Waals surface area contributed by atoms with E-state index in [1.54, 1.807) is 14.2 Å². The van der Waals surface area contributed by atoms with Gasteiger partial charge in [-0.2, -0.15) is 5.26 Å². The lowest BCUT2D eigenvalue weighted by molar-refractivity contribution is -0.117. The Bertz CT molecular complexity index is 550. The molecule has 2 N–H and O–H groups in total. The molecule has 0 aliphatic carbocycles. The van der Waals surface area contributed by atoms with Crippen LogP contribution in [-0.4, -0.2) is 39.8 Å². The van der Waals surface area contributed by atoms with Crippen molar-refractivity contribution in [2.75, 3.05) is 33.9 Å². The van der Waals surface area contributed by atoms with Crippen LogP contribution in [0.15, 0.2) is 36.0 Å². The molecule has 1 rings (SSSR count). The Hall–Kier alpha value is -2.52. The summed E-state index contributed by atoms with van der Waals surface area (Å²) >= 11 is 0.